The SMILES string of the molecule is C=C(C)c1nc(C(=O)CC(=O)N[C@@H](COC(C)(C)C)C(=O)OC)co1. The summed E-state index contributed by atoms with van der Waals surface area (Å²) in [5.41, 5.74) is 0.0919. The molecule has 25 heavy (non-hydrogen) atoms. The van der Waals surface area contributed by atoms with E-state index in [9.17, 15) is 14.4 Å². The van der Waals surface area contributed by atoms with Gasteiger partial charge in [-0.1, -0.05) is 6.58 Å². The van der Waals surface area contributed by atoms with E-state index < -0.39 is 35.7 Å². The molecule has 0 aliphatic rings. The van der Waals surface area contributed by atoms with Crippen molar-refractivity contribution in [2.45, 2.75) is 45.8 Å². The highest BCUT2D eigenvalue weighted by Crippen LogP contribution is 2.12. The number of nitrogens with zero attached hydrogens (tertiary/aromatic N) is 1. The Morgan fingerprint density at radius 1 is 1.36 bits per heavy atom. The Kier molecular flexibility index (Phi) is 7.05. The lowest BCUT2D eigenvalue weighted by Crippen LogP contribution is -2.46. The van der Waals surface area contributed by atoms with Crippen LogP contribution in [0.25, 0.3) is 5.57 Å². The van der Waals surface area contributed by atoms with Gasteiger partial charge in [0.15, 0.2) is 11.8 Å². The van der Waals surface area contributed by atoms with Crippen LogP contribution in [0.5, 0.6) is 0 Å². The predicted octanol–water partition coefficient (Wildman–Crippen LogP) is 1.75. The molecule has 1 N–H and O–H groups in total. The Morgan fingerprint density at radius 3 is 2.48 bits per heavy atom. The molecule has 0 saturated heterocycles. The zero-order valence-corrected chi connectivity index (χ0v) is 15.2. The van der Waals surface area contributed by atoms with Crippen LogP contribution >= 0.6 is 0 Å². The fraction of sp³-hybridized carbons (Fsp3) is 0.529. The van der Waals surface area contributed by atoms with Crippen LogP contribution < -0.4 is 5.32 Å². The van der Waals surface area contributed by atoms with Crippen LogP contribution in [0, 0.1) is 0 Å². The minimum atomic E-state index is -1.01. The number of carbonyl (C=O) groups is 3. The Morgan fingerprint density at radius 2 is 2.00 bits per heavy atom. The van der Waals surface area contributed by atoms with E-state index in [1.165, 1.54) is 13.4 Å². The van der Waals surface area contributed by atoms with Crippen LogP contribution in [0.1, 0.15) is 50.5 Å². The molecule has 1 atom stereocenters. The van der Waals surface area contributed by atoms with Crippen molar-refractivity contribution in [3.8, 4) is 0 Å². The molecule has 1 heterocycles. The smallest absolute Gasteiger partial charge is 0.330 e. The molecule has 0 bridgehead atoms. The van der Waals surface area contributed by atoms with E-state index in [-0.39, 0.29) is 18.2 Å². The Labute approximate surface area is 146 Å². The number of amides is 1. The zero-order valence-electron chi connectivity index (χ0n) is 15.2. The molecule has 0 aromatic carbocycles. The van der Waals surface area contributed by atoms with Gasteiger partial charge in [0.1, 0.15) is 12.0 Å². The van der Waals surface area contributed by atoms with Crippen LogP contribution in [-0.2, 0) is 19.1 Å². The molecule has 8 heteroatoms. The standard InChI is InChI=1S/C17H24N2O6/c1-10(2)15-19-11(8-24-15)13(20)7-14(21)18-12(16(22)23-6)9-25-17(3,4)5/h8,12H,1,7,9H2,2-6H3,(H,18,21)/t12-/m0/s1. The van der Waals surface area contributed by atoms with Crippen molar-refractivity contribution in [2.24, 2.45) is 0 Å². The molecule has 1 rings (SSSR count). The highest BCUT2D eigenvalue weighted by atomic mass is 16.5. The quantitative estimate of drug-likeness (QED) is 0.431. The second-order valence-electron chi connectivity index (χ2n) is 6.48. The first-order chi connectivity index (χ1) is 11.5. The molecule has 1 aromatic rings. The van der Waals surface area contributed by atoms with Crippen LogP contribution in [0.2, 0.25) is 0 Å². The molecule has 0 aliphatic heterocycles. The van der Waals surface area contributed by atoms with Gasteiger partial charge in [-0.05, 0) is 27.7 Å². The lowest BCUT2D eigenvalue weighted by atomic mass is 10.2. The Balaban J connectivity index is 2.67. The van der Waals surface area contributed by atoms with Crippen LogP contribution in [0.15, 0.2) is 17.3 Å². The maximum atomic E-state index is 12.1. The first-order valence-electron chi connectivity index (χ1n) is 7.69. The zero-order chi connectivity index (χ0) is 19.2. The maximum Gasteiger partial charge on any atom is 0.330 e. The number of aromatic nitrogens is 1. The average molecular weight is 352 g/mol. The molecular weight excluding hydrogens is 328 g/mol. The molecule has 1 aromatic heterocycles. The van der Waals surface area contributed by atoms with E-state index >= 15 is 0 Å². The van der Waals surface area contributed by atoms with Crippen LogP contribution in [0.4, 0.5) is 0 Å². The number of Topliss-reactive ketones (excluding diaryl/α,β-unsaturated/α-hetero) is 1. The summed E-state index contributed by atoms with van der Waals surface area (Å²) in [5.74, 6) is -1.60. The van der Waals surface area contributed by atoms with E-state index in [2.05, 4.69) is 21.6 Å². The fourth-order valence-corrected chi connectivity index (χ4v) is 1.72. The van der Waals surface area contributed by atoms with Crippen molar-refractivity contribution in [1.29, 1.82) is 0 Å². The van der Waals surface area contributed by atoms with E-state index in [1.807, 2.05) is 20.8 Å². The second-order valence-corrected chi connectivity index (χ2v) is 6.48. The largest absolute Gasteiger partial charge is 0.467 e. The summed E-state index contributed by atoms with van der Waals surface area (Å²) in [4.78, 5) is 39.8. The number of allylic oxidation sites excluding steroid dienone is 1. The third-order valence-electron chi connectivity index (χ3n) is 2.98. The minimum Gasteiger partial charge on any atom is -0.467 e. The van der Waals surface area contributed by atoms with Gasteiger partial charge in [-0.25, -0.2) is 9.78 Å². The van der Waals surface area contributed by atoms with Crippen molar-refractivity contribution < 1.29 is 28.3 Å². The highest BCUT2D eigenvalue weighted by Gasteiger charge is 2.26. The molecule has 0 fully saturated rings. The van der Waals surface area contributed by atoms with Gasteiger partial charge in [-0.2, -0.15) is 0 Å². The van der Waals surface area contributed by atoms with Crippen LogP contribution in [-0.4, -0.2) is 48.0 Å². The molecule has 0 spiro atoms. The molecule has 0 saturated carbocycles. The summed E-state index contributed by atoms with van der Waals surface area (Å²) in [6.07, 6.45) is 0.686. The summed E-state index contributed by atoms with van der Waals surface area (Å²) in [6.45, 7) is 10.7. The Hall–Kier alpha value is -2.48. The number of methoxy groups -OCH3 is 1. The summed E-state index contributed by atoms with van der Waals surface area (Å²) in [6, 6.07) is -1.01. The van der Waals surface area contributed by atoms with Crippen molar-refractivity contribution in [3.05, 3.63) is 24.4 Å². The summed E-state index contributed by atoms with van der Waals surface area (Å²) in [7, 11) is 1.21. The second kappa shape index (κ2) is 8.57. The molecule has 0 aliphatic carbocycles. The van der Waals surface area contributed by atoms with Gasteiger partial charge in [-0.15, -0.1) is 0 Å². The lowest BCUT2D eigenvalue weighted by molar-refractivity contribution is -0.148. The number of ether oxygens (including phenoxy) is 2. The number of ketones is 1. The third kappa shape index (κ3) is 6.88. The average Bonchev–Trinajstić information content (AvgIpc) is 3.00. The van der Waals surface area contributed by atoms with Gasteiger partial charge in [0.25, 0.3) is 0 Å². The first-order valence-corrected chi connectivity index (χ1v) is 7.69. The number of hydrogen-bond donors (Lipinski definition) is 1. The molecule has 0 radical (unpaired) electrons. The normalized spacial score (nSPS) is 12.4. The van der Waals surface area contributed by atoms with Gasteiger partial charge in [-0.3, -0.25) is 9.59 Å². The van der Waals surface area contributed by atoms with Crippen molar-refractivity contribution in [1.82, 2.24) is 10.3 Å². The Bertz CT molecular complexity index is 656. The first kappa shape index (κ1) is 20.6. The molecular formula is C17H24N2O6. The van der Waals surface area contributed by atoms with Gasteiger partial charge in [0, 0.05) is 5.57 Å². The van der Waals surface area contributed by atoms with E-state index in [4.69, 9.17) is 9.15 Å². The predicted molar refractivity (Wildman–Crippen MR) is 89.8 cm³/mol. The van der Waals surface area contributed by atoms with Crippen molar-refractivity contribution in [3.63, 3.8) is 0 Å². The molecule has 0 unspecified atom stereocenters. The monoisotopic (exact) mass is 352 g/mol. The van der Waals surface area contributed by atoms with Gasteiger partial charge in [0.05, 0.1) is 25.7 Å². The van der Waals surface area contributed by atoms with Gasteiger partial charge in [0.2, 0.25) is 11.8 Å². The van der Waals surface area contributed by atoms with E-state index in [1.54, 1.807) is 6.92 Å². The number of carbonyl (C=O) groups excluding carboxylic acids is 3. The van der Waals surface area contributed by atoms with E-state index in [0.717, 1.165) is 0 Å². The maximum absolute atomic E-state index is 12.1. The fourth-order valence-electron chi connectivity index (χ4n) is 1.72. The summed E-state index contributed by atoms with van der Waals surface area (Å²) < 4.78 is 15.2. The minimum absolute atomic E-state index is 0.0220. The molecule has 8 nitrogen and oxygen atoms in total. The van der Waals surface area contributed by atoms with Crippen molar-refractivity contribution in [2.75, 3.05) is 13.7 Å². The lowest BCUT2D eigenvalue weighted by Gasteiger charge is -2.23. The third-order valence-corrected chi connectivity index (χ3v) is 2.98. The molecule has 138 valence electrons. The number of hydrogen-bond acceptors (Lipinski definition) is 7. The van der Waals surface area contributed by atoms with Crippen LogP contribution in [0.3, 0.4) is 0 Å². The van der Waals surface area contributed by atoms with Gasteiger partial charge >= 0.3 is 5.97 Å². The number of rotatable bonds is 8. The van der Waals surface area contributed by atoms with Gasteiger partial charge < -0.3 is 19.2 Å². The summed E-state index contributed by atoms with van der Waals surface area (Å²) in [5, 5.41) is 2.44. The molecule has 1 amide bonds. The van der Waals surface area contributed by atoms with E-state index in [0.29, 0.717) is 5.57 Å². The number of nitrogens with one attached hydrogen (secondary N) is 1. The highest BCUT2D eigenvalue weighted by molar-refractivity contribution is 6.06. The summed E-state index contributed by atoms with van der Waals surface area (Å²) >= 11 is 0. The topological polar surface area (TPSA) is 108 Å². The number of esters is 1. The number of oxazole rings is 1. The van der Waals surface area contributed by atoms with Crippen molar-refractivity contribution >= 4 is 23.2 Å².